The largest absolute Gasteiger partial charge is 0.379 e. The minimum atomic E-state index is -0.589. The van der Waals surface area contributed by atoms with Crippen LogP contribution in [-0.2, 0) is 16.1 Å². The molecule has 0 amide bonds. The number of thiophene rings is 2. The van der Waals surface area contributed by atoms with Gasteiger partial charge in [-0.05, 0) is 38.9 Å². The number of aromatic nitrogens is 1. The number of morpholine rings is 1. The van der Waals surface area contributed by atoms with E-state index < -0.39 is 6.04 Å². The Morgan fingerprint density at radius 1 is 1.44 bits per heavy atom. The molecule has 1 aliphatic heterocycles. The minimum Gasteiger partial charge on any atom is -0.379 e. The molecular formula is C17H19BrN4O2S3. The van der Waals surface area contributed by atoms with Crippen molar-refractivity contribution in [1.29, 1.82) is 0 Å². The van der Waals surface area contributed by atoms with Gasteiger partial charge in [0.05, 0.1) is 41.0 Å². The lowest BCUT2D eigenvalue weighted by Crippen LogP contribution is -2.46. The van der Waals surface area contributed by atoms with Crippen molar-refractivity contribution in [2.75, 3.05) is 31.6 Å². The van der Waals surface area contributed by atoms with Gasteiger partial charge in [0.25, 0.3) is 0 Å². The molecule has 2 atom stereocenters. The first-order valence-corrected chi connectivity index (χ1v) is 11.8. The number of fused-ring (bicyclic) bond motifs is 1. The Balaban J connectivity index is 1.65. The Morgan fingerprint density at radius 2 is 2.26 bits per heavy atom. The van der Waals surface area contributed by atoms with Crippen LogP contribution in [0.15, 0.2) is 22.0 Å². The molecule has 0 spiro atoms. The summed E-state index contributed by atoms with van der Waals surface area (Å²) >= 11 is 8.58. The molecule has 0 bridgehead atoms. The summed E-state index contributed by atoms with van der Waals surface area (Å²) in [6, 6.07) is 3.41. The van der Waals surface area contributed by atoms with Crippen LogP contribution in [0.1, 0.15) is 15.8 Å². The van der Waals surface area contributed by atoms with Crippen LogP contribution in [0.3, 0.4) is 0 Å². The van der Waals surface area contributed by atoms with E-state index in [9.17, 15) is 4.79 Å². The molecule has 6 nitrogen and oxygen atoms in total. The van der Waals surface area contributed by atoms with Gasteiger partial charge in [-0.15, -0.1) is 22.7 Å². The fraction of sp³-hybridized carbons (Fsp3) is 0.412. The number of rotatable bonds is 7. The van der Waals surface area contributed by atoms with E-state index >= 15 is 0 Å². The summed E-state index contributed by atoms with van der Waals surface area (Å²) in [4.78, 5) is 16.1. The Bertz CT molecular complexity index is 905. The zero-order valence-electron chi connectivity index (χ0n) is 14.4. The van der Waals surface area contributed by atoms with Crippen molar-refractivity contribution in [3.8, 4) is 0 Å². The van der Waals surface area contributed by atoms with E-state index in [4.69, 9.17) is 10.5 Å². The van der Waals surface area contributed by atoms with Crippen molar-refractivity contribution in [2.45, 2.75) is 18.6 Å². The SMILES string of the molecule is NC(C=O)C(c1sc2c(NCc3cccs3)snc2c1Br)N1CCOCC1. The molecule has 0 radical (unpaired) electrons. The summed E-state index contributed by atoms with van der Waals surface area (Å²) in [5.41, 5.74) is 7.14. The number of halogens is 1. The normalized spacial score (nSPS) is 17.9. The number of nitrogens with one attached hydrogen (secondary N) is 1. The lowest BCUT2D eigenvalue weighted by atomic mass is 10.1. The second-order valence-corrected chi connectivity index (χ2v) is 9.86. The van der Waals surface area contributed by atoms with Crippen LogP contribution in [0.5, 0.6) is 0 Å². The van der Waals surface area contributed by atoms with Gasteiger partial charge in [0.2, 0.25) is 0 Å². The topological polar surface area (TPSA) is 80.5 Å². The molecule has 0 aliphatic carbocycles. The highest BCUT2D eigenvalue weighted by Gasteiger charge is 2.32. The van der Waals surface area contributed by atoms with Crippen molar-refractivity contribution in [1.82, 2.24) is 9.27 Å². The molecule has 27 heavy (non-hydrogen) atoms. The Morgan fingerprint density at radius 3 is 2.96 bits per heavy atom. The van der Waals surface area contributed by atoms with Gasteiger partial charge in [-0.1, -0.05) is 6.07 Å². The Labute approximate surface area is 177 Å². The predicted octanol–water partition coefficient (Wildman–Crippen LogP) is 3.69. The molecule has 4 heterocycles. The third-order valence-electron chi connectivity index (χ3n) is 4.52. The first kappa shape index (κ1) is 19.4. The molecule has 3 N–H and O–H groups in total. The molecule has 10 heteroatoms. The lowest BCUT2D eigenvalue weighted by Gasteiger charge is -2.35. The summed E-state index contributed by atoms with van der Waals surface area (Å²) in [7, 11) is 0. The first-order valence-electron chi connectivity index (χ1n) is 8.55. The standard InChI is InChI=1S/C17H19BrN4O2S3/c18-12-13-16(17(27-21-13)20-8-10-2-1-7-25-10)26-15(12)14(11(19)9-23)22-3-5-24-6-4-22/h1-2,7,9,11,14,20H,3-6,8,19H2. The molecular weight excluding hydrogens is 468 g/mol. The van der Waals surface area contributed by atoms with E-state index in [0.29, 0.717) is 13.2 Å². The average molecular weight is 487 g/mol. The number of carbonyl (C=O) groups excluding carboxylic acids is 1. The van der Waals surface area contributed by atoms with Gasteiger partial charge < -0.3 is 20.6 Å². The van der Waals surface area contributed by atoms with Crippen molar-refractivity contribution < 1.29 is 9.53 Å². The molecule has 3 aromatic heterocycles. The van der Waals surface area contributed by atoms with E-state index in [1.807, 2.05) is 0 Å². The van der Waals surface area contributed by atoms with E-state index in [-0.39, 0.29) is 6.04 Å². The zero-order chi connectivity index (χ0) is 18.8. The van der Waals surface area contributed by atoms with Crippen LogP contribution in [-0.4, -0.2) is 47.9 Å². The quantitative estimate of drug-likeness (QED) is 0.495. The molecule has 1 saturated heterocycles. The van der Waals surface area contributed by atoms with Gasteiger partial charge in [-0.25, -0.2) is 0 Å². The van der Waals surface area contributed by atoms with Crippen molar-refractivity contribution >= 4 is 71.6 Å². The van der Waals surface area contributed by atoms with E-state index in [0.717, 1.165) is 50.5 Å². The highest BCUT2D eigenvalue weighted by molar-refractivity contribution is 9.10. The summed E-state index contributed by atoms with van der Waals surface area (Å²) < 4.78 is 12.1. The van der Waals surface area contributed by atoms with Crippen LogP contribution in [0, 0.1) is 0 Å². The van der Waals surface area contributed by atoms with Crippen LogP contribution in [0.25, 0.3) is 10.2 Å². The predicted molar refractivity (Wildman–Crippen MR) is 116 cm³/mol. The Kier molecular flexibility index (Phi) is 6.22. The maximum absolute atomic E-state index is 11.5. The summed E-state index contributed by atoms with van der Waals surface area (Å²) in [5.74, 6) is 0. The fourth-order valence-electron chi connectivity index (χ4n) is 3.19. The summed E-state index contributed by atoms with van der Waals surface area (Å²) in [5, 5.41) is 6.62. The monoisotopic (exact) mass is 486 g/mol. The van der Waals surface area contributed by atoms with Crippen molar-refractivity contribution in [2.24, 2.45) is 5.73 Å². The van der Waals surface area contributed by atoms with Crippen molar-refractivity contribution in [3.05, 3.63) is 31.7 Å². The zero-order valence-corrected chi connectivity index (χ0v) is 18.4. The van der Waals surface area contributed by atoms with E-state index in [2.05, 4.69) is 48.0 Å². The third-order valence-corrected chi connectivity index (χ3v) is 8.66. The number of nitrogens with zero attached hydrogens (tertiary/aromatic N) is 2. The molecule has 1 fully saturated rings. The van der Waals surface area contributed by atoms with E-state index in [1.165, 1.54) is 16.4 Å². The number of hydrogen-bond donors (Lipinski definition) is 2. The molecule has 1 aliphatic rings. The van der Waals surface area contributed by atoms with Gasteiger partial charge in [-0.3, -0.25) is 4.90 Å². The second-order valence-electron chi connectivity index (χ2n) is 6.21. The Hall–Kier alpha value is -0.880. The fourth-order valence-corrected chi connectivity index (χ4v) is 7.06. The molecule has 4 rings (SSSR count). The molecule has 2 unspecified atom stereocenters. The third kappa shape index (κ3) is 3.98. The average Bonchev–Trinajstić information content (AvgIpc) is 3.41. The minimum absolute atomic E-state index is 0.171. The second kappa shape index (κ2) is 8.64. The number of hydrogen-bond acceptors (Lipinski definition) is 9. The summed E-state index contributed by atoms with van der Waals surface area (Å²) in [6.07, 6.45) is 0.836. The van der Waals surface area contributed by atoms with Crippen LogP contribution in [0.4, 0.5) is 5.00 Å². The van der Waals surface area contributed by atoms with Gasteiger partial charge in [-0.2, -0.15) is 4.37 Å². The molecule has 3 aromatic rings. The van der Waals surface area contributed by atoms with Crippen LogP contribution < -0.4 is 11.1 Å². The molecule has 0 saturated carbocycles. The van der Waals surface area contributed by atoms with Gasteiger partial charge in [0.1, 0.15) is 16.8 Å². The number of ether oxygens (including phenoxy) is 1. The van der Waals surface area contributed by atoms with Crippen LogP contribution in [0.2, 0.25) is 0 Å². The van der Waals surface area contributed by atoms with Crippen molar-refractivity contribution in [3.63, 3.8) is 0 Å². The molecule has 144 valence electrons. The number of aldehydes is 1. The van der Waals surface area contributed by atoms with Gasteiger partial charge in [0.15, 0.2) is 0 Å². The number of anilines is 1. The smallest absolute Gasteiger partial charge is 0.138 e. The first-order chi connectivity index (χ1) is 13.2. The highest BCUT2D eigenvalue weighted by atomic mass is 79.9. The van der Waals surface area contributed by atoms with E-state index in [1.54, 1.807) is 22.7 Å². The molecule has 0 aromatic carbocycles. The summed E-state index contributed by atoms with van der Waals surface area (Å²) in [6.45, 7) is 3.62. The maximum Gasteiger partial charge on any atom is 0.138 e. The lowest BCUT2D eigenvalue weighted by molar-refractivity contribution is -0.111. The van der Waals surface area contributed by atoms with Crippen LogP contribution >= 0.6 is 50.1 Å². The van der Waals surface area contributed by atoms with Gasteiger partial charge in [0, 0.05) is 22.8 Å². The highest BCUT2D eigenvalue weighted by Crippen LogP contribution is 2.46. The van der Waals surface area contributed by atoms with Gasteiger partial charge >= 0.3 is 0 Å². The number of nitrogens with two attached hydrogens (primary N) is 1. The maximum atomic E-state index is 11.5. The number of carbonyl (C=O) groups is 1.